The van der Waals surface area contributed by atoms with Crippen LogP contribution in [0.1, 0.15) is 21.6 Å². The summed E-state index contributed by atoms with van der Waals surface area (Å²) in [5.41, 5.74) is 8.53. The molecule has 2 aromatic rings. The van der Waals surface area contributed by atoms with E-state index in [1.54, 1.807) is 12.3 Å². The lowest BCUT2D eigenvalue weighted by Crippen LogP contribution is -2.25. The Morgan fingerprint density at radius 1 is 1.28 bits per heavy atom. The molecule has 92 valence electrons. The van der Waals surface area contributed by atoms with Crippen molar-refractivity contribution in [3.63, 3.8) is 0 Å². The van der Waals surface area contributed by atoms with E-state index in [1.807, 2.05) is 37.3 Å². The molecule has 2 rings (SSSR count). The van der Waals surface area contributed by atoms with Gasteiger partial charge in [-0.05, 0) is 30.7 Å². The number of hydrogen-bond donors (Lipinski definition) is 2. The van der Waals surface area contributed by atoms with Crippen LogP contribution in [-0.2, 0) is 6.54 Å². The molecule has 0 unspecified atom stereocenters. The van der Waals surface area contributed by atoms with Gasteiger partial charge >= 0.3 is 0 Å². The van der Waals surface area contributed by atoms with Crippen LogP contribution in [0.25, 0.3) is 0 Å². The number of carbonyl (C=O) groups is 1. The van der Waals surface area contributed by atoms with E-state index in [0.29, 0.717) is 17.8 Å². The zero-order chi connectivity index (χ0) is 13.0. The highest BCUT2D eigenvalue weighted by Crippen LogP contribution is 2.15. The normalized spacial score (nSPS) is 10.1. The number of benzene rings is 1. The van der Waals surface area contributed by atoms with Gasteiger partial charge in [0.05, 0.1) is 17.8 Å². The number of anilines is 1. The van der Waals surface area contributed by atoms with Crippen molar-refractivity contribution >= 4 is 11.6 Å². The zero-order valence-electron chi connectivity index (χ0n) is 10.2. The first-order valence-electron chi connectivity index (χ1n) is 5.71. The van der Waals surface area contributed by atoms with E-state index >= 15 is 0 Å². The number of nitrogens with zero attached hydrogens (tertiary/aromatic N) is 1. The molecule has 3 N–H and O–H groups in total. The third-order valence-electron chi connectivity index (χ3n) is 2.69. The average Bonchev–Trinajstić information content (AvgIpc) is 2.37. The molecular formula is C14H15N3O. The van der Waals surface area contributed by atoms with Crippen molar-refractivity contribution in [3.8, 4) is 0 Å². The van der Waals surface area contributed by atoms with Crippen molar-refractivity contribution < 1.29 is 4.79 Å². The van der Waals surface area contributed by atoms with E-state index in [9.17, 15) is 4.79 Å². The molecule has 1 heterocycles. The van der Waals surface area contributed by atoms with Gasteiger partial charge in [0.25, 0.3) is 5.91 Å². The summed E-state index contributed by atoms with van der Waals surface area (Å²) < 4.78 is 0. The number of nitrogens with two attached hydrogens (primary N) is 1. The SMILES string of the molecule is Cc1cccc(N)c1C(=O)NCc1ccccn1. The van der Waals surface area contributed by atoms with Crippen LogP contribution in [0.3, 0.4) is 0 Å². The third kappa shape index (κ3) is 2.66. The lowest BCUT2D eigenvalue weighted by Gasteiger charge is -2.09. The number of pyridine rings is 1. The molecule has 4 heteroatoms. The number of hydrogen-bond acceptors (Lipinski definition) is 3. The Bertz CT molecular complexity index is 532. The summed E-state index contributed by atoms with van der Waals surface area (Å²) in [5.74, 6) is -0.170. The van der Waals surface area contributed by atoms with Crippen LogP contribution in [0.15, 0.2) is 42.6 Å². The summed E-state index contributed by atoms with van der Waals surface area (Å²) in [6, 6.07) is 11.0. The molecule has 4 nitrogen and oxygen atoms in total. The lowest BCUT2D eigenvalue weighted by molar-refractivity contribution is 0.0950. The van der Waals surface area contributed by atoms with E-state index in [-0.39, 0.29) is 5.91 Å². The fourth-order valence-electron chi connectivity index (χ4n) is 1.76. The van der Waals surface area contributed by atoms with Gasteiger partial charge in [0.2, 0.25) is 0 Å². The molecule has 0 bridgehead atoms. The smallest absolute Gasteiger partial charge is 0.253 e. The second-order valence-corrected chi connectivity index (χ2v) is 4.04. The fourth-order valence-corrected chi connectivity index (χ4v) is 1.76. The predicted octanol–water partition coefficient (Wildman–Crippen LogP) is 1.90. The van der Waals surface area contributed by atoms with Crippen LogP contribution in [0.4, 0.5) is 5.69 Å². The van der Waals surface area contributed by atoms with Crippen molar-refractivity contribution in [3.05, 3.63) is 59.4 Å². The Hall–Kier alpha value is -2.36. The number of aromatic nitrogens is 1. The molecule has 0 aliphatic rings. The molecule has 0 spiro atoms. The molecule has 0 radical (unpaired) electrons. The third-order valence-corrected chi connectivity index (χ3v) is 2.69. The van der Waals surface area contributed by atoms with Crippen LogP contribution in [0, 0.1) is 6.92 Å². The first kappa shape index (κ1) is 12.1. The number of amides is 1. The highest BCUT2D eigenvalue weighted by Gasteiger charge is 2.11. The van der Waals surface area contributed by atoms with Gasteiger partial charge in [0.15, 0.2) is 0 Å². The minimum absolute atomic E-state index is 0.170. The molecule has 0 saturated heterocycles. The Morgan fingerprint density at radius 2 is 2.11 bits per heavy atom. The number of rotatable bonds is 3. The molecule has 0 saturated carbocycles. The minimum atomic E-state index is -0.170. The molecule has 0 aliphatic heterocycles. The van der Waals surface area contributed by atoms with Crippen molar-refractivity contribution in [1.82, 2.24) is 10.3 Å². The second kappa shape index (κ2) is 5.31. The Morgan fingerprint density at radius 3 is 2.78 bits per heavy atom. The molecule has 18 heavy (non-hydrogen) atoms. The van der Waals surface area contributed by atoms with Gasteiger partial charge in [-0.15, -0.1) is 0 Å². The van der Waals surface area contributed by atoms with Gasteiger partial charge < -0.3 is 11.1 Å². The monoisotopic (exact) mass is 241 g/mol. The molecular weight excluding hydrogens is 226 g/mol. The van der Waals surface area contributed by atoms with Gasteiger partial charge in [-0.2, -0.15) is 0 Å². The maximum absolute atomic E-state index is 12.0. The van der Waals surface area contributed by atoms with Crippen LogP contribution < -0.4 is 11.1 Å². The molecule has 0 atom stereocenters. The fraction of sp³-hybridized carbons (Fsp3) is 0.143. The van der Waals surface area contributed by atoms with Gasteiger partial charge in [-0.25, -0.2) is 0 Å². The highest BCUT2D eigenvalue weighted by molar-refractivity contribution is 6.00. The predicted molar refractivity (Wildman–Crippen MR) is 71.0 cm³/mol. The maximum atomic E-state index is 12.0. The molecule has 1 aromatic carbocycles. The Balaban J connectivity index is 2.09. The Labute approximate surface area is 106 Å². The van der Waals surface area contributed by atoms with Crippen molar-refractivity contribution in [2.24, 2.45) is 0 Å². The van der Waals surface area contributed by atoms with Crippen LogP contribution in [-0.4, -0.2) is 10.9 Å². The second-order valence-electron chi connectivity index (χ2n) is 4.04. The van der Waals surface area contributed by atoms with E-state index in [2.05, 4.69) is 10.3 Å². The van der Waals surface area contributed by atoms with Gasteiger partial charge in [-0.3, -0.25) is 9.78 Å². The van der Waals surface area contributed by atoms with Crippen LogP contribution in [0.2, 0.25) is 0 Å². The summed E-state index contributed by atoms with van der Waals surface area (Å²) >= 11 is 0. The minimum Gasteiger partial charge on any atom is -0.398 e. The lowest BCUT2D eigenvalue weighted by atomic mass is 10.1. The van der Waals surface area contributed by atoms with E-state index in [4.69, 9.17) is 5.73 Å². The first-order chi connectivity index (χ1) is 8.68. The van der Waals surface area contributed by atoms with E-state index in [1.165, 1.54) is 0 Å². The highest BCUT2D eigenvalue weighted by atomic mass is 16.1. The average molecular weight is 241 g/mol. The van der Waals surface area contributed by atoms with E-state index < -0.39 is 0 Å². The number of carbonyl (C=O) groups excluding carboxylic acids is 1. The molecule has 0 aliphatic carbocycles. The summed E-state index contributed by atoms with van der Waals surface area (Å²) in [6.07, 6.45) is 1.70. The molecule has 1 aromatic heterocycles. The molecule has 1 amide bonds. The zero-order valence-corrected chi connectivity index (χ0v) is 10.2. The Kier molecular flexibility index (Phi) is 3.57. The van der Waals surface area contributed by atoms with Crippen LogP contribution in [0.5, 0.6) is 0 Å². The van der Waals surface area contributed by atoms with Crippen molar-refractivity contribution in [1.29, 1.82) is 0 Å². The quantitative estimate of drug-likeness (QED) is 0.806. The largest absolute Gasteiger partial charge is 0.398 e. The topological polar surface area (TPSA) is 68.0 Å². The number of aryl methyl sites for hydroxylation is 1. The summed E-state index contributed by atoms with van der Waals surface area (Å²) in [6.45, 7) is 2.26. The van der Waals surface area contributed by atoms with Crippen molar-refractivity contribution in [2.75, 3.05) is 5.73 Å². The maximum Gasteiger partial charge on any atom is 0.253 e. The van der Waals surface area contributed by atoms with Crippen LogP contribution >= 0.6 is 0 Å². The summed E-state index contributed by atoms with van der Waals surface area (Å²) in [5, 5.41) is 2.82. The van der Waals surface area contributed by atoms with Crippen molar-refractivity contribution in [2.45, 2.75) is 13.5 Å². The summed E-state index contributed by atoms with van der Waals surface area (Å²) in [7, 11) is 0. The number of nitrogen functional groups attached to an aromatic ring is 1. The number of nitrogens with one attached hydrogen (secondary N) is 1. The standard InChI is InChI=1S/C14H15N3O/c1-10-5-4-7-12(15)13(10)14(18)17-9-11-6-2-3-8-16-11/h2-8H,9,15H2,1H3,(H,17,18). The molecule has 0 fully saturated rings. The van der Waals surface area contributed by atoms with Gasteiger partial charge in [-0.1, -0.05) is 18.2 Å². The van der Waals surface area contributed by atoms with Gasteiger partial charge in [0, 0.05) is 11.9 Å². The summed E-state index contributed by atoms with van der Waals surface area (Å²) in [4.78, 5) is 16.2. The van der Waals surface area contributed by atoms with Gasteiger partial charge in [0.1, 0.15) is 0 Å². The van der Waals surface area contributed by atoms with E-state index in [0.717, 1.165) is 11.3 Å². The first-order valence-corrected chi connectivity index (χ1v) is 5.71.